The van der Waals surface area contributed by atoms with Crippen molar-refractivity contribution in [2.75, 3.05) is 31.1 Å². The van der Waals surface area contributed by atoms with E-state index in [0.29, 0.717) is 30.6 Å². The molecule has 8 nitrogen and oxygen atoms in total. The molecule has 1 amide bonds. The highest BCUT2D eigenvalue weighted by Gasteiger charge is 2.27. The van der Waals surface area contributed by atoms with Crippen molar-refractivity contribution in [3.05, 3.63) is 48.2 Å². The molecule has 132 valence electrons. The first kappa shape index (κ1) is 15.2. The molecule has 0 radical (unpaired) electrons. The predicted octanol–water partition coefficient (Wildman–Crippen LogP) is 1.36. The number of imidazole rings is 1. The Kier molecular flexibility index (Phi) is 3.55. The van der Waals surface area contributed by atoms with Crippen LogP contribution in [0.1, 0.15) is 34.9 Å². The van der Waals surface area contributed by atoms with Crippen molar-refractivity contribution >= 4 is 17.5 Å². The lowest BCUT2D eigenvalue weighted by molar-refractivity contribution is 0.0738. The molecule has 1 aliphatic heterocycles. The predicted molar refractivity (Wildman–Crippen MR) is 95.1 cm³/mol. The Labute approximate surface area is 150 Å². The summed E-state index contributed by atoms with van der Waals surface area (Å²) < 4.78 is 1.73. The van der Waals surface area contributed by atoms with E-state index >= 15 is 0 Å². The minimum absolute atomic E-state index is 0.0396. The van der Waals surface area contributed by atoms with Gasteiger partial charge >= 0.3 is 0 Å². The molecule has 0 bridgehead atoms. The van der Waals surface area contributed by atoms with Crippen LogP contribution >= 0.6 is 0 Å². The molecular weight excluding hydrogens is 330 g/mol. The fraction of sp³-hybridized carbons (Fsp3) is 0.389. The number of amides is 1. The molecular formula is C18H19N7O. The maximum Gasteiger partial charge on any atom is 0.274 e. The average molecular weight is 349 g/mol. The first-order valence-electron chi connectivity index (χ1n) is 8.95. The molecule has 0 spiro atoms. The number of carbonyl (C=O) groups is 1. The van der Waals surface area contributed by atoms with E-state index in [9.17, 15) is 4.79 Å². The normalized spacial score (nSPS) is 17.7. The Hall–Kier alpha value is -3.03. The largest absolute Gasteiger partial charge is 0.337 e. The van der Waals surface area contributed by atoms with Gasteiger partial charge in [0.2, 0.25) is 5.95 Å². The van der Waals surface area contributed by atoms with Crippen LogP contribution in [0.4, 0.5) is 5.95 Å². The Morgan fingerprint density at radius 2 is 1.81 bits per heavy atom. The molecule has 26 heavy (non-hydrogen) atoms. The maximum atomic E-state index is 12.8. The van der Waals surface area contributed by atoms with Gasteiger partial charge in [-0.15, -0.1) is 0 Å². The number of hydrogen-bond acceptors (Lipinski definition) is 6. The molecule has 0 N–H and O–H groups in total. The summed E-state index contributed by atoms with van der Waals surface area (Å²) in [6.07, 6.45) is 7.82. The summed E-state index contributed by atoms with van der Waals surface area (Å²) in [7, 11) is 0. The first-order chi connectivity index (χ1) is 12.8. The van der Waals surface area contributed by atoms with Crippen LogP contribution in [0.15, 0.2) is 36.8 Å². The Bertz CT molecular complexity index is 943. The van der Waals surface area contributed by atoms with Gasteiger partial charge in [-0.25, -0.2) is 19.5 Å². The van der Waals surface area contributed by atoms with Crippen molar-refractivity contribution in [3.63, 3.8) is 0 Å². The molecule has 1 aliphatic carbocycles. The van der Waals surface area contributed by atoms with Gasteiger partial charge in [-0.3, -0.25) is 4.79 Å². The van der Waals surface area contributed by atoms with Gasteiger partial charge in [0.05, 0.1) is 11.9 Å². The van der Waals surface area contributed by atoms with Crippen LogP contribution in [-0.4, -0.2) is 61.6 Å². The van der Waals surface area contributed by atoms with Gasteiger partial charge < -0.3 is 9.80 Å². The monoisotopic (exact) mass is 349 g/mol. The number of nitrogens with zero attached hydrogens (tertiary/aromatic N) is 7. The molecule has 5 rings (SSSR count). The van der Waals surface area contributed by atoms with Crippen LogP contribution in [0.3, 0.4) is 0 Å². The molecule has 1 saturated carbocycles. The minimum Gasteiger partial charge on any atom is -0.337 e. The zero-order valence-electron chi connectivity index (χ0n) is 14.3. The van der Waals surface area contributed by atoms with E-state index in [0.717, 1.165) is 24.4 Å². The highest BCUT2D eigenvalue weighted by Crippen LogP contribution is 2.39. The zero-order chi connectivity index (χ0) is 17.5. The summed E-state index contributed by atoms with van der Waals surface area (Å²) in [4.78, 5) is 29.9. The molecule has 2 fully saturated rings. The Morgan fingerprint density at radius 3 is 2.54 bits per heavy atom. The van der Waals surface area contributed by atoms with Gasteiger partial charge in [0.15, 0.2) is 5.65 Å². The quantitative estimate of drug-likeness (QED) is 0.710. The lowest BCUT2D eigenvalue weighted by atomic mass is 10.2. The molecule has 4 heterocycles. The van der Waals surface area contributed by atoms with Crippen molar-refractivity contribution in [1.82, 2.24) is 29.5 Å². The van der Waals surface area contributed by atoms with Crippen molar-refractivity contribution in [2.24, 2.45) is 0 Å². The van der Waals surface area contributed by atoms with E-state index in [2.05, 4.69) is 25.0 Å². The van der Waals surface area contributed by atoms with Crippen LogP contribution in [-0.2, 0) is 0 Å². The standard InChI is InChI=1S/C18H19N7O/c26-17(23-8-10-24(11-9-23)18-19-6-1-7-20-18)14-4-5-16-21-15(13-2-3-13)12-25(16)22-14/h1,4-7,12-13H,2-3,8-11H2. The third kappa shape index (κ3) is 2.77. The van der Waals surface area contributed by atoms with Crippen molar-refractivity contribution in [2.45, 2.75) is 18.8 Å². The fourth-order valence-corrected chi connectivity index (χ4v) is 3.32. The average Bonchev–Trinajstić information content (AvgIpc) is 3.47. The van der Waals surface area contributed by atoms with E-state index in [1.807, 2.05) is 17.2 Å². The number of anilines is 1. The summed E-state index contributed by atoms with van der Waals surface area (Å²) in [6.45, 7) is 2.70. The van der Waals surface area contributed by atoms with Crippen molar-refractivity contribution in [1.29, 1.82) is 0 Å². The lowest BCUT2D eigenvalue weighted by Gasteiger charge is -2.34. The Balaban J connectivity index is 1.30. The number of aromatic nitrogens is 5. The summed E-state index contributed by atoms with van der Waals surface area (Å²) >= 11 is 0. The Morgan fingerprint density at radius 1 is 1.04 bits per heavy atom. The number of fused-ring (bicyclic) bond motifs is 1. The number of carbonyl (C=O) groups excluding carboxylic acids is 1. The van der Waals surface area contributed by atoms with Crippen molar-refractivity contribution < 1.29 is 4.79 Å². The molecule has 0 aromatic carbocycles. The molecule has 1 saturated heterocycles. The summed E-state index contributed by atoms with van der Waals surface area (Å²) in [5.74, 6) is 1.25. The molecule has 2 aliphatic rings. The van der Waals surface area contributed by atoms with E-state index in [-0.39, 0.29) is 5.91 Å². The molecule has 0 atom stereocenters. The lowest BCUT2D eigenvalue weighted by Crippen LogP contribution is -2.49. The summed E-state index contributed by atoms with van der Waals surface area (Å²) in [5, 5.41) is 4.48. The number of rotatable bonds is 3. The van der Waals surface area contributed by atoms with E-state index < -0.39 is 0 Å². The summed E-state index contributed by atoms with van der Waals surface area (Å²) in [5.41, 5.74) is 2.34. The third-order valence-electron chi connectivity index (χ3n) is 4.96. The van der Waals surface area contributed by atoms with Crippen LogP contribution in [0, 0.1) is 0 Å². The second kappa shape index (κ2) is 6.05. The van der Waals surface area contributed by atoms with E-state index in [1.54, 1.807) is 29.0 Å². The van der Waals surface area contributed by atoms with Crippen molar-refractivity contribution in [3.8, 4) is 0 Å². The summed E-state index contributed by atoms with van der Waals surface area (Å²) in [6, 6.07) is 5.45. The first-order valence-corrected chi connectivity index (χ1v) is 8.95. The van der Waals surface area contributed by atoms with Gasteiger partial charge in [-0.1, -0.05) is 0 Å². The molecule has 0 unspecified atom stereocenters. The van der Waals surface area contributed by atoms with Gasteiger partial charge in [0.1, 0.15) is 5.69 Å². The van der Waals surface area contributed by atoms with Gasteiger partial charge in [-0.05, 0) is 31.0 Å². The zero-order valence-corrected chi connectivity index (χ0v) is 14.3. The minimum atomic E-state index is -0.0396. The molecule has 3 aromatic rings. The van der Waals surface area contributed by atoms with E-state index in [1.165, 1.54) is 12.8 Å². The van der Waals surface area contributed by atoms with Gasteiger partial charge in [0, 0.05) is 44.5 Å². The van der Waals surface area contributed by atoms with Crippen LogP contribution in [0.25, 0.3) is 5.65 Å². The fourth-order valence-electron chi connectivity index (χ4n) is 3.32. The van der Waals surface area contributed by atoms with Gasteiger partial charge in [0.25, 0.3) is 5.91 Å². The second-order valence-electron chi connectivity index (χ2n) is 6.79. The van der Waals surface area contributed by atoms with Crippen LogP contribution in [0.5, 0.6) is 0 Å². The number of hydrogen-bond donors (Lipinski definition) is 0. The third-order valence-corrected chi connectivity index (χ3v) is 4.96. The highest BCUT2D eigenvalue weighted by molar-refractivity contribution is 5.92. The topological polar surface area (TPSA) is 79.5 Å². The molecule has 8 heteroatoms. The van der Waals surface area contributed by atoms with E-state index in [4.69, 9.17) is 0 Å². The smallest absolute Gasteiger partial charge is 0.274 e. The SMILES string of the molecule is O=C(c1ccc2nc(C3CC3)cn2n1)N1CCN(c2ncccn2)CC1. The maximum absolute atomic E-state index is 12.8. The highest BCUT2D eigenvalue weighted by atomic mass is 16.2. The molecule has 3 aromatic heterocycles. The van der Waals surface area contributed by atoms with Gasteiger partial charge in [-0.2, -0.15) is 5.10 Å². The second-order valence-corrected chi connectivity index (χ2v) is 6.79. The van der Waals surface area contributed by atoms with Crippen LogP contribution in [0.2, 0.25) is 0 Å². The van der Waals surface area contributed by atoms with Crippen LogP contribution < -0.4 is 4.90 Å². The number of piperazine rings is 1.